The number of hydrogen-bond acceptors (Lipinski definition) is 5. The second-order valence-electron chi connectivity index (χ2n) is 5.52. The van der Waals surface area contributed by atoms with Crippen LogP contribution in [0.2, 0.25) is 0 Å². The van der Waals surface area contributed by atoms with Gasteiger partial charge in [-0.25, -0.2) is 0 Å². The molecular weight excluding hydrogens is 270 g/mol. The van der Waals surface area contributed by atoms with Gasteiger partial charge in [0.2, 0.25) is 0 Å². The van der Waals surface area contributed by atoms with Crippen LogP contribution in [0, 0.1) is 5.41 Å². The van der Waals surface area contributed by atoms with Crippen molar-refractivity contribution in [1.29, 1.82) is 0 Å². The van der Waals surface area contributed by atoms with Crippen LogP contribution in [0.3, 0.4) is 0 Å². The molecular formula is C16H23NO4. The highest BCUT2D eigenvalue weighted by atomic mass is 16.5. The first kappa shape index (κ1) is 17.2. The number of rotatable bonds is 7. The van der Waals surface area contributed by atoms with Crippen LogP contribution in [0.1, 0.15) is 19.4 Å². The zero-order chi connectivity index (χ0) is 15.9. The lowest BCUT2D eigenvalue weighted by molar-refractivity contribution is -0.151. The van der Waals surface area contributed by atoms with Crippen LogP contribution in [-0.2, 0) is 25.5 Å². The van der Waals surface area contributed by atoms with Crippen molar-refractivity contribution >= 4 is 11.9 Å². The van der Waals surface area contributed by atoms with Gasteiger partial charge in [0.25, 0.3) is 0 Å². The number of benzene rings is 1. The molecule has 0 aliphatic carbocycles. The molecule has 0 saturated heterocycles. The van der Waals surface area contributed by atoms with Gasteiger partial charge in [-0.15, -0.1) is 0 Å². The van der Waals surface area contributed by atoms with Crippen molar-refractivity contribution in [3.63, 3.8) is 0 Å². The third-order valence-corrected chi connectivity index (χ3v) is 3.30. The van der Waals surface area contributed by atoms with E-state index < -0.39 is 11.5 Å². The van der Waals surface area contributed by atoms with Crippen LogP contribution < -0.4 is 5.32 Å². The van der Waals surface area contributed by atoms with Gasteiger partial charge in [0.05, 0.1) is 19.6 Å². The molecule has 0 saturated carbocycles. The maximum Gasteiger partial charge on any atom is 0.323 e. The predicted octanol–water partition coefficient (Wildman–Crippen LogP) is 1.56. The molecule has 0 aliphatic rings. The van der Waals surface area contributed by atoms with Crippen molar-refractivity contribution in [3.05, 3.63) is 35.9 Å². The maximum atomic E-state index is 11.9. The zero-order valence-electron chi connectivity index (χ0n) is 13.0. The van der Waals surface area contributed by atoms with E-state index in [4.69, 9.17) is 9.47 Å². The molecule has 0 aromatic heterocycles. The van der Waals surface area contributed by atoms with E-state index in [2.05, 4.69) is 5.32 Å². The fraction of sp³-hybridized carbons (Fsp3) is 0.500. The van der Waals surface area contributed by atoms with E-state index in [1.54, 1.807) is 13.8 Å². The number of esters is 2. The Bertz CT molecular complexity index is 470. The Kier molecular flexibility index (Phi) is 6.37. The minimum atomic E-state index is -0.711. The normalized spacial score (nSPS) is 12.6. The molecule has 0 bridgehead atoms. The smallest absolute Gasteiger partial charge is 0.323 e. The van der Waals surface area contributed by atoms with Crippen LogP contribution in [0.15, 0.2) is 30.3 Å². The number of hydrogen-bond donors (Lipinski definition) is 1. The average Bonchev–Trinajstić information content (AvgIpc) is 2.50. The summed E-state index contributed by atoms with van der Waals surface area (Å²) >= 11 is 0. The van der Waals surface area contributed by atoms with Gasteiger partial charge in [0.1, 0.15) is 6.04 Å². The molecule has 0 spiro atoms. The SMILES string of the molecule is COC(=O)[C@H](Cc1ccccc1)NCC(C)(C)C(=O)OC. The van der Waals surface area contributed by atoms with Gasteiger partial charge in [0.15, 0.2) is 0 Å². The fourth-order valence-corrected chi connectivity index (χ4v) is 1.96. The third-order valence-electron chi connectivity index (χ3n) is 3.30. The lowest BCUT2D eigenvalue weighted by Gasteiger charge is -2.25. The minimum absolute atomic E-state index is 0.321. The molecule has 1 atom stereocenters. The summed E-state index contributed by atoms with van der Waals surface area (Å²) in [6.45, 7) is 3.86. The van der Waals surface area contributed by atoms with Crippen molar-refractivity contribution in [2.45, 2.75) is 26.3 Å². The summed E-state index contributed by atoms with van der Waals surface area (Å²) in [6.07, 6.45) is 0.505. The van der Waals surface area contributed by atoms with Crippen molar-refractivity contribution in [2.24, 2.45) is 5.41 Å². The Labute approximate surface area is 125 Å². The number of carbonyl (C=O) groups is 2. The number of methoxy groups -OCH3 is 2. The standard InChI is InChI=1S/C16H23NO4/c1-16(2,15(19)21-4)11-17-13(14(18)20-3)10-12-8-6-5-7-9-12/h5-9,13,17H,10-11H2,1-4H3/t13-/m0/s1. The molecule has 1 aromatic rings. The molecule has 21 heavy (non-hydrogen) atoms. The van der Waals surface area contributed by atoms with Gasteiger partial charge in [-0.3, -0.25) is 9.59 Å². The summed E-state index contributed by atoms with van der Waals surface area (Å²) in [7, 11) is 2.71. The zero-order valence-corrected chi connectivity index (χ0v) is 13.0. The molecule has 116 valence electrons. The van der Waals surface area contributed by atoms with Gasteiger partial charge < -0.3 is 14.8 Å². The Hall–Kier alpha value is -1.88. The van der Waals surface area contributed by atoms with Crippen molar-refractivity contribution in [1.82, 2.24) is 5.32 Å². The molecule has 0 aliphatic heterocycles. The lowest BCUT2D eigenvalue weighted by Crippen LogP contribution is -2.46. The Morgan fingerprint density at radius 3 is 2.29 bits per heavy atom. The highest BCUT2D eigenvalue weighted by Gasteiger charge is 2.31. The van der Waals surface area contributed by atoms with Crippen LogP contribution in [-0.4, -0.2) is 38.7 Å². The van der Waals surface area contributed by atoms with Gasteiger partial charge >= 0.3 is 11.9 Å². The van der Waals surface area contributed by atoms with E-state index in [1.807, 2.05) is 30.3 Å². The van der Waals surface area contributed by atoms with Crippen molar-refractivity contribution in [2.75, 3.05) is 20.8 Å². The topological polar surface area (TPSA) is 64.6 Å². The highest BCUT2D eigenvalue weighted by molar-refractivity contribution is 5.77. The van der Waals surface area contributed by atoms with E-state index in [1.165, 1.54) is 14.2 Å². The molecule has 0 amide bonds. The molecule has 1 rings (SSSR count). The van der Waals surface area contributed by atoms with Gasteiger partial charge in [-0.2, -0.15) is 0 Å². The summed E-state index contributed by atoms with van der Waals surface area (Å²) in [5.74, 6) is -0.669. The van der Waals surface area contributed by atoms with E-state index in [0.29, 0.717) is 13.0 Å². The first-order valence-electron chi connectivity index (χ1n) is 6.84. The Morgan fingerprint density at radius 1 is 1.14 bits per heavy atom. The van der Waals surface area contributed by atoms with Crippen molar-refractivity contribution in [3.8, 4) is 0 Å². The third kappa shape index (κ3) is 5.19. The van der Waals surface area contributed by atoms with Gasteiger partial charge in [-0.1, -0.05) is 30.3 Å². The second-order valence-corrected chi connectivity index (χ2v) is 5.52. The fourth-order valence-electron chi connectivity index (χ4n) is 1.96. The molecule has 0 fully saturated rings. The van der Waals surface area contributed by atoms with E-state index in [0.717, 1.165) is 5.56 Å². The molecule has 1 N–H and O–H groups in total. The monoisotopic (exact) mass is 293 g/mol. The number of carbonyl (C=O) groups excluding carboxylic acids is 2. The summed E-state index contributed by atoms with van der Waals surface area (Å²) in [5.41, 5.74) is 0.314. The van der Waals surface area contributed by atoms with E-state index in [9.17, 15) is 9.59 Å². The maximum absolute atomic E-state index is 11.9. The summed E-state index contributed by atoms with van der Waals surface area (Å²) in [6, 6.07) is 9.15. The predicted molar refractivity (Wildman–Crippen MR) is 79.7 cm³/mol. The van der Waals surface area contributed by atoms with E-state index in [-0.39, 0.29) is 11.9 Å². The lowest BCUT2D eigenvalue weighted by atomic mass is 9.93. The summed E-state index contributed by atoms with van der Waals surface area (Å²) in [4.78, 5) is 23.5. The molecule has 5 heteroatoms. The van der Waals surface area contributed by atoms with Gasteiger partial charge in [0, 0.05) is 6.54 Å². The molecule has 0 radical (unpaired) electrons. The van der Waals surface area contributed by atoms with Gasteiger partial charge in [-0.05, 0) is 25.8 Å². The quantitative estimate of drug-likeness (QED) is 0.773. The van der Waals surface area contributed by atoms with E-state index >= 15 is 0 Å². The van der Waals surface area contributed by atoms with Crippen LogP contribution in [0.25, 0.3) is 0 Å². The summed E-state index contributed by atoms with van der Waals surface area (Å²) in [5, 5.41) is 3.10. The minimum Gasteiger partial charge on any atom is -0.469 e. The van der Waals surface area contributed by atoms with Crippen LogP contribution >= 0.6 is 0 Å². The van der Waals surface area contributed by atoms with Crippen molar-refractivity contribution < 1.29 is 19.1 Å². The number of nitrogens with one attached hydrogen (secondary N) is 1. The number of ether oxygens (including phenoxy) is 2. The Morgan fingerprint density at radius 2 is 1.76 bits per heavy atom. The average molecular weight is 293 g/mol. The molecule has 0 unspecified atom stereocenters. The first-order chi connectivity index (χ1) is 9.90. The summed E-state index contributed by atoms with van der Waals surface area (Å²) < 4.78 is 9.58. The highest BCUT2D eigenvalue weighted by Crippen LogP contribution is 2.16. The molecule has 0 heterocycles. The molecule has 5 nitrogen and oxygen atoms in total. The van der Waals surface area contributed by atoms with Crippen LogP contribution in [0.5, 0.6) is 0 Å². The Balaban J connectivity index is 2.71. The van der Waals surface area contributed by atoms with Crippen LogP contribution in [0.4, 0.5) is 0 Å². The molecule has 1 aromatic carbocycles. The second kappa shape index (κ2) is 7.78. The first-order valence-corrected chi connectivity index (χ1v) is 6.84. The largest absolute Gasteiger partial charge is 0.469 e.